The standard InChI is InChI=1S/C10H16N2O5/c1-8(14)11-6-5-10(16)17-12(2)9(15)4-3-7-13/h7H,3-6H2,1-2H3,(H,11,14). The highest BCUT2D eigenvalue weighted by Gasteiger charge is 2.13. The zero-order valence-electron chi connectivity index (χ0n) is 9.89. The summed E-state index contributed by atoms with van der Waals surface area (Å²) in [4.78, 5) is 47.6. The molecule has 0 aliphatic carbocycles. The normalized spacial score (nSPS) is 9.29. The fourth-order valence-electron chi connectivity index (χ4n) is 0.930. The average Bonchev–Trinajstić information content (AvgIpc) is 2.25. The van der Waals surface area contributed by atoms with Crippen molar-refractivity contribution in [2.24, 2.45) is 0 Å². The molecule has 0 atom stereocenters. The Morgan fingerprint density at radius 3 is 2.47 bits per heavy atom. The largest absolute Gasteiger partial charge is 0.356 e. The number of hydrogen-bond donors (Lipinski definition) is 1. The number of aldehydes is 1. The van der Waals surface area contributed by atoms with Gasteiger partial charge in [-0.25, -0.2) is 4.79 Å². The molecular weight excluding hydrogens is 228 g/mol. The molecule has 0 fully saturated rings. The van der Waals surface area contributed by atoms with E-state index in [0.717, 1.165) is 5.06 Å². The van der Waals surface area contributed by atoms with Gasteiger partial charge in [-0.1, -0.05) is 0 Å². The van der Waals surface area contributed by atoms with Crippen LogP contribution in [0.2, 0.25) is 0 Å². The van der Waals surface area contributed by atoms with E-state index in [1.165, 1.54) is 14.0 Å². The van der Waals surface area contributed by atoms with Gasteiger partial charge >= 0.3 is 5.97 Å². The molecular formula is C10H16N2O5. The molecule has 0 aliphatic rings. The summed E-state index contributed by atoms with van der Waals surface area (Å²) in [6.07, 6.45) is 0.681. The third-order valence-electron chi connectivity index (χ3n) is 1.77. The van der Waals surface area contributed by atoms with E-state index in [4.69, 9.17) is 0 Å². The molecule has 0 rings (SSSR count). The first-order valence-corrected chi connectivity index (χ1v) is 5.12. The number of hydroxylamine groups is 2. The van der Waals surface area contributed by atoms with Crippen LogP contribution in [0.25, 0.3) is 0 Å². The van der Waals surface area contributed by atoms with Gasteiger partial charge in [0.2, 0.25) is 5.91 Å². The SMILES string of the molecule is CC(=O)NCCC(=O)ON(C)C(=O)CCC=O. The van der Waals surface area contributed by atoms with Gasteiger partial charge < -0.3 is 14.9 Å². The lowest BCUT2D eigenvalue weighted by molar-refractivity contribution is -0.192. The summed E-state index contributed by atoms with van der Waals surface area (Å²) in [5, 5.41) is 3.21. The van der Waals surface area contributed by atoms with Crippen molar-refractivity contribution in [2.45, 2.75) is 26.2 Å². The van der Waals surface area contributed by atoms with Crippen LogP contribution in [0, 0.1) is 0 Å². The van der Waals surface area contributed by atoms with Crippen molar-refractivity contribution in [2.75, 3.05) is 13.6 Å². The summed E-state index contributed by atoms with van der Waals surface area (Å²) >= 11 is 0. The van der Waals surface area contributed by atoms with Gasteiger partial charge in [-0.3, -0.25) is 9.59 Å². The Morgan fingerprint density at radius 2 is 1.94 bits per heavy atom. The maximum Gasteiger partial charge on any atom is 0.334 e. The molecule has 17 heavy (non-hydrogen) atoms. The van der Waals surface area contributed by atoms with Crippen molar-refractivity contribution in [3.8, 4) is 0 Å². The van der Waals surface area contributed by atoms with Crippen LogP contribution in [-0.2, 0) is 24.0 Å². The summed E-state index contributed by atoms with van der Waals surface area (Å²) in [7, 11) is 1.30. The monoisotopic (exact) mass is 244 g/mol. The van der Waals surface area contributed by atoms with Gasteiger partial charge in [-0.05, 0) is 0 Å². The lowest BCUT2D eigenvalue weighted by Gasteiger charge is -2.15. The van der Waals surface area contributed by atoms with Gasteiger partial charge in [0.25, 0.3) is 5.91 Å². The number of nitrogens with one attached hydrogen (secondary N) is 1. The maximum absolute atomic E-state index is 11.2. The Morgan fingerprint density at radius 1 is 1.29 bits per heavy atom. The first-order chi connectivity index (χ1) is 7.97. The molecule has 0 saturated heterocycles. The third-order valence-corrected chi connectivity index (χ3v) is 1.77. The quantitative estimate of drug-likeness (QED) is 0.498. The van der Waals surface area contributed by atoms with Crippen molar-refractivity contribution < 1.29 is 24.0 Å². The average molecular weight is 244 g/mol. The second kappa shape index (κ2) is 8.26. The van der Waals surface area contributed by atoms with E-state index in [0.29, 0.717) is 6.29 Å². The van der Waals surface area contributed by atoms with E-state index in [1.54, 1.807) is 0 Å². The number of carbonyl (C=O) groups is 4. The van der Waals surface area contributed by atoms with E-state index >= 15 is 0 Å². The third kappa shape index (κ3) is 7.95. The van der Waals surface area contributed by atoms with Gasteiger partial charge in [0.15, 0.2) is 0 Å². The smallest absolute Gasteiger partial charge is 0.334 e. The zero-order valence-corrected chi connectivity index (χ0v) is 9.89. The van der Waals surface area contributed by atoms with Crippen LogP contribution in [0.1, 0.15) is 26.2 Å². The highest BCUT2D eigenvalue weighted by Crippen LogP contribution is 1.96. The molecule has 0 radical (unpaired) electrons. The lowest BCUT2D eigenvalue weighted by Crippen LogP contribution is -2.31. The molecule has 0 heterocycles. The van der Waals surface area contributed by atoms with Gasteiger partial charge in [-0.15, -0.1) is 0 Å². The summed E-state index contributed by atoms with van der Waals surface area (Å²) in [5.74, 6) is -1.32. The number of nitrogens with zero attached hydrogens (tertiary/aromatic N) is 1. The predicted octanol–water partition coefficient (Wildman–Crippen LogP) is -0.592. The number of carbonyl (C=O) groups excluding carboxylic acids is 4. The lowest BCUT2D eigenvalue weighted by atomic mass is 10.3. The Kier molecular flexibility index (Phi) is 7.32. The molecule has 7 heteroatoms. The van der Waals surface area contributed by atoms with E-state index in [9.17, 15) is 19.2 Å². The number of hydrogen-bond acceptors (Lipinski definition) is 5. The van der Waals surface area contributed by atoms with Crippen molar-refractivity contribution in [1.82, 2.24) is 10.4 Å². The van der Waals surface area contributed by atoms with Crippen LogP contribution in [0.5, 0.6) is 0 Å². The van der Waals surface area contributed by atoms with E-state index in [-0.39, 0.29) is 31.7 Å². The van der Waals surface area contributed by atoms with Crippen LogP contribution in [-0.4, -0.2) is 42.7 Å². The zero-order chi connectivity index (χ0) is 13.3. The van der Waals surface area contributed by atoms with Crippen molar-refractivity contribution in [3.05, 3.63) is 0 Å². The van der Waals surface area contributed by atoms with Crippen molar-refractivity contribution >= 4 is 24.1 Å². The molecule has 0 aliphatic heterocycles. The van der Waals surface area contributed by atoms with Crippen LogP contribution in [0.15, 0.2) is 0 Å². The van der Waals surface area contributed by atoms with Crippen LogP contribution >= 0.6 is 0 Å². The van der Waals surface area contributed by atoms with Gasteiger partial charge in [0, 0.05) is 33.4 Å². The minimum Gasteiger partial charge on any atom is -0.356 e. The molecule has 0 unspecified atom stereocenters. The molecule has 0 aromatic rings. The fraction of sp³-hybridized carbons (Fsp3) is 0.600. The van der Waals surface area contributed by atoms with E-state index in [2.05, 4.69) is 10.2 Å². The molecule has 7 nitrogen and oxygen atoms in total. The molecule has 0 spiro atoms. The topological polar surface area (TPSA) is 92.8 Å². The molecule has 0 saturated carbocycles. The number of rotatable bonds is 6. The van der Waals surface area contributed by atoms with Gasteiger partial charge in [0.05, 0.1) is 6.42 Å². The Hall–Kier alpha value is -1.92. The molecule has 1 N–H and O–H groups in total. The maximum atomic E-state index is 11.2. The second-order valence-electron chi connectivity index (χ2n) is 3.29. The first kappa shape index (κ1) is 15.1. The molecule has 0 aromatic carbocycles. The highest BCUT2D eigenvalue weighted by molar-refractivity contribution is 5.79. The van der Waals surface area contributed by atoms with E-state index in [1.807, 2.05) is 0 Å². The van der Waals surface area contributed by atoms with Gasteiger partial charge in [-0.2, -0.15) is 5.06 Å². The predicted molar refractivity (Wildman–Crippen MR) is 57.5 cm³/mol. The van der Waals surface area contributed by atoms with Crippen LogP contribution in [0.4, 0.5) is 0 Å². The minimum absolute atomic E-state index is 0.00102. The molecule has 0 aromatic heterocycles. The summed E-state index contributed by atoms with van der Waals surface area (Å²) in [6.45, 7) is 1.49. The summed E-state index contributed by atoms with van der Waals surface area (Å²) < 4.78 is 0. The molecule has 0 bridgehead atoms. The Labute approximate surface area is 99.0 Å². The number of amides is 2. The van der Waals surface area contributed by atoms with Crippen LogP contribution in [0.3, 0.4) is 0 Å². The second-order valence-corrected chi connectivity index (χ2v) is 3.29. The van der Waals surface area contributed by atoms with Crippen LogP contribution < -0.4 is 5.32 Å². The molecule has 2 amide bonds. The Balaban J connectivity index is 3.82. The van der Waals surface area contributed by atoms with E-state index < -0.39 is 11.9 Å². The summed E-state index contributed by atoms with van der Waals surface area (Å²) in [5.41, 5.74) is 0. The highest BCUT2D eigenvalue weighted by atomic mass is 16.7. The van der Waals surface area contributed by atoms with Gasteiger partial charge in [0.1, 0.15) is 6.29 Å². The first-order valence-electron chi connectivity index (χ1n) is 5.12. The fourth-order valence-corrected chi connectivity index (χ4v) is 0.930. The van der Waals surface area contributed by atoms with Crippen molar-refractivity contribution in [3.63, 3.8) is 0 Å². The minimum atomic E-state index is -0.624. The Bertz CT molecular complexity index is 303. The molecule has 96 valence electrons. The van der Waals surface area contributed by atoms with Crippen molar-refractivity contribution in [1.29, 1.82) is 0 Å². The summed E-state index contributed by atoms with van der Waals surface area (Å²) in [6, 6.07) is 0.